The highest BCUT2D eigenvalue weighted by Gasteiger charge is 2.13. The molecular formula is C13H16BrNO. The van der Waals surface area contributed by atoms with Gasteiger partial charge in [0.15, 0.2) is 6.29 Å². The Morgan fingerprint density at radius 3 is 2.44 bits per heavy atom. The molecule has 1 fully saturated rings. The summed E-state index contributed by atoms with van der Waals surface area (Å²) in [5.74, 6) is 0. The van der Waals surface area contributed by atoms with Gasteiger partial charge >= 0.3 is 0 Å². The number of anilines is 1. The number of rotatable bonds is 2. The predicted molar refractivity (Wildman–Crippen MR) is 70.2 cm³/mol. The lowest BCUT2D eigenvalue weighted by atomic mass is 10.1. The highest BCUT2D eigenvalue weighted by molar-refractivity contribution is 9.10. The molecule has 0 N–H and O–H groups in total. The number of carbonyl (C=O) groups is 1. The molecule has 0 unspecified atom stereocenters. The molecule has 0 spiro atoms. The van der Waals surface area contributed by atoms with Crippen molar-refractivity contribution in [1.29, 1.82) is 0 Å². The van der Waals surface area contributed by atoms with E-state index in [-0.39, 0.29) is 0 Å². The Morgan fingerprint density at radius 2 is 1.81 bits per heavy atom. The smallest absolute Gasteiger partial charge is 0.152 e. The summed E-state index contributed by atoms with van der Waals surface area (Å²) in [6.45, 7) is 2.13. The van der Waals surface area contributed by atoms with Gasteiger partial charge in [-0.3, -0.25) is 4.79 Å². The van der Waals surface area contributed by atoms with Crippen molar-refractivity contribution in [2.24, 2.45) is 0 Å². The highest BCUT2D eigenvalue weighted by Crippen LogP contribution is 2.26. The van der Waals surface area contributed by atoms with Gasteiger partial charge in [0, 0.05) is 28.8 Å². The molecule has 1 heterocycles. The average molecular weight is 282 g/mol. The molecule has 0 aliphatic carbocycles. The van der Waals surface area contributed by atoms with Crippen LogP contribution < -0.4 is 4.90 Å². The number of hydrogen-bond acceptors (Lipinski definition) is 2. The third-order valence-electron chi connectivity index (χ3n) is 3.07. The molecule has 1 aromatic rings. The van der Waals surface area contributed by atoms with E-state index in [4.69, 9.17) is 0 Å². The molecule has 1 aromatic carbocycles. The zero-order valence-electron chi connectivity index (χ0n) is 9.29. The lowest BCUT2D eigenvalue weighted by molar-refractivity contribution is 0.112. The second kappa shape index (κ2) is 5.48. The summed E-state index contributed by atoms with van der Waals surface area (Å²) in [5.41, 5.74) is 1.87. The summed E-state index contributed by atoms with van der Waals surface area (Å²) < 4.78 is 1.04. The molecule has 0 atom stereocenters. The van der Waals surface area contributed by atoms with E-state index in [9.17, 15) is 4.79 Å². The zero-order valence-corrected chi connectivity index (χ0v) is 10.9. The van der Waals surface area contributed by atoms with Crippen LogP contribution >= 0.6 is 15.9 Å². The monoisotopic (exact) mass is 281 g/mol. The van der Waals surface area contributed by atoms with Crippen LogP contribution in [0, 0.1) is 0 Å². The number of nitrogens with zero attached hydrogens (tertiary/aromatic N) is 1. The van der Waals surface area contributed by atoms with Crippen molar-refractivity contribution in [2.45, 2.75) is 25.7 Å². The summed E-state index contributed by atoms with van der Waals surface area (Å²) in [6.07, 6.45) is 6.02. The molecule has 0 amide bonds. The minimum Gasteiger partial charge on any atom is -0.371 e. The van der Waals surface area contributed by atoms with E-state index < -0.39 is 0 Å². The fraction of sp³-hybridized carbons (Fsp3) is 0.462. The number of aldehydes is 1. The van der Waals surface area contributed by atoms with Crippen LogP contribution in [-0.2, 0) is 0 Å². The molecule has 0 radical (unpaired) electrons. The standard InChI is InChI=1S/C13H16BrNO/c14-12-6-5-11(10-16)13(9-12)15-7-3-1-2-4-8-15/h5-6,9-10H,1-4,7-8H2. The summed E-state index contributed by atoms with van der Waals surface area (Å²) in [4.78, 5) is 13.4. The third kappa shape index (κ3) is 2.64. The fourth-order valence-electron chi connectivity index (χ4n) is 2.20. The SMILES string of the molecule is O=Cc1ccc(Br)cc1N1CCCCCC1. The van der Waals surface area contributed by atoms with Gasteiger partial charge in [0.2, 0.25) is 0 Å². The summed E-state index contributed by atoms with van der Waals surface area (Å²) in [5, 5.41) is 0. The van der Waals surface area contributed by atoms with E-state index in [0.717, 1.165) is 35.1 Å². The van der Waals surface area contributed by atoms with E-state index in [1.807, 2.05) is 12.1 Å². The van der Waals surface area contributed by atoms with Gasteiger partial charge in [0.1, 0.15) is 0 Å². The topological polar surface area (TPSA) is 20.3 Å². The molecule has 0 aromatic heterocycles. The minimum absolute atomic E-state index is 0.796. The van der Waals surface area contributed by atoms with Gasteiger partial charge in [0.05, 0.1) is 0 Å². The summed E-state index contributed by atoms with van der Waals surface area (Å²) >= 11 is 3.47. The Hall–Kier alpha value is -0.830. The maximum absolute atomic E-state index is 11.0. The van der Waals surface area contributed by atoms with Crippen molar-refractivity contribution in [2.75, 3.05) is 18.0 Å². The maximum atomic E-state index is 11.0. The molecule has 3 heteroatoms. The van der Waals surface area contributed by atoms with Crippen molar-refractivity contribution in [3.63, 3.8) is 0 Å². The van der Waals surface area contributed by atoms with E-state index in [1.165, 1.54) is 25.7 Å². The molecule has 2 nitrogen and oxygen atoms in total. The molecule has 1 saturated heterocycles. The quantitative estimate of drug-likeness (QED) is 0.772. The van der Waals surface area contributed by atoms with Gasteiger partial charge < -0.3 is 4.90 Å². The van der Waals surface area contributed by atoms with Crippen LogP contribution in [0.25, 0.3) is 0 Å². The zero-order chi connectivity index (χ0) is 11.4. The Labute approximate surface area is 105 Å². The summed E-state index contributed by atoms with van der Waals surface area (Å²) in [7, 11) is 0. The van der Waals surface area contributed by atoms with Crippen LogP contribution in [0.1, 0.15) is 36.0 Å². The molecule has 2 rings (SSSR count). The van der Waals surface area contributed by atoms with Crippen molar-refractivity contribution in [1.82, 2.24) is 0 Å². The van der Waals surface area contributed by atoms with Crippen LogP contribution in [0.3, 0.4) is 0 Å². The third-order valence-corrected chi connectivity index (χ3v) is 3.56. The van der Waals surface area contributed by atoms with Crippen LogP contribution in [-0.4, -0.2) is 19.4 Å². The molecule has 1 aliphatic heterocycles. The Kier molecular flexibility index (Phi) is 3.99. The average Bonchev–Trinajstić information content (AvgIpc) is 2.57. The number of benzene rings is 1. The molecule has 16 heavy (non-hydrogen) atoms. The molecule has 1 aliphatic rings. The fourth-order valence-corrected chi connectivity index (χ4v) is 2.55. The normalized spacial score (nSPS) is 16.9. The lowest BCUT2D eigenvalue weighted by Gasteiger charge is -2.24. The predicted octanol–water partition coefficient (Wildman–Crippen LogP) is 3.64. The van der Waals surface area contributed by atoms with Crippen LogP contribution in [0.4, 0.5) is 5.69 Å². The van der Waals surface area contributed by atoms with Gasteiger partial charge in [-0.15, -0.1) is 0 Å². The van der Waals surface area contributed by atoms with Crippen molar-refractivity contribution in [3.8, 4) is 0 Å². The van der Waals surface area contributed by atoms with Crippen molar-refractivity contribution in [3.05, 3.63) is 28.2 Å². The van der Waals surface area contributed by atoms with E-state index in [0.29, 0.717) is 0 Å². The van der Waals surface area contributed by atoms with Gasteiger partial charge in [-0.2, -0.15) is 0 Å². The van der Waals surface area contributed by atoms with Crippen molar-refractivity contribution < 1.29 is 4.79 Å². The number of carbonyl (C=O) groups excluding carboxylic acids is 1. The van der Waals surface area contributed by atoms with Gasteiger partial charge in [-0.1, -0.05) is 28.8 Å². The van der Waals surface area contributed by atoms with Gasteiger partial charge in [0.25, 0.3) is 0 Å². The first-order valence-corrected chi connectivity index (χ1v) is 6.60. The molecule has 0 bridgehead atoms. The first-order valence-electron chi connectivity index (χ1n) is 5.81. The van der Waals surface area contributed by atoms with E-state index >= 15 is 0 Å². The van der Waals surface area contributed by atoms with Gasteiger partial charge in [-0.25, -0.2) is 0 Å². The Balaban J connectivity index is 2.29. The molecule has 86 valence electrons. The van der Waals surface area contributed by atoms with Crippen LogP contribution in [0.5, 0.6) is 0 Å². The first kappa shape index (κ1) is 11.6. The largest absolute Gasteiger partial charge is 0.371 e. The maximum Gasteiger partial charge on any atom is 0.152 e. The van der Waals surface area contributed by atoms with E-state index in [2.05, 4.69) is 26.9 Å². The highest BCUT2D eigenvalue weighted by atomic mass is 79.9. The number of hydrogen-bond donors (Lipinski definition) is 0. The summed E-state index contributed by atoms with van der Waals surface area (Å²) in [6, 6.07) is 5.86. The minimum atomic E-state index is 0.796. The van der Waals surface area contributed by atoms with E-state index in [1.54, 1.807) is 0 Å². The van der Waals surface area contributed by atoms with Crippen LogP contribution in [0.2, 0.25) is 0 Å². The number of halogens is 1. The second-order valence-corrected chi connectivity index (χ2v) is 5.14. The molecular weight excluding hydrogens is 266 g/mol. The molecule has 0 saturated carbocycles. The van der Waals surface area contributed by atoms with Crippen LogP contribution in [0.15, 0.2) is 22.7 Å². The van der Waals surface area contributed by atoms with Crippen molar-refractivity contribution >= 4 is 27.9 Å². The van der Waals surface area contributed by atoms with Gasteiger partial charge in [-0.05, 0) is 31.0 Å². The first-order chi connectivity index (χ1) is 7.81. The Morgan fingerprint density at radius 1 is 1.12 bits per heavy atom. The second-order valence-electron chi connectivity index (χ2n) is 4.22. The Bertz CT molecular complexity index is 370. The lowest BCUT2D eigenvalue weighted by Crippen LogP contribution is -2.25.